The van der Waals surface area contributed by atoms with Crippen molar-refractivity contribution in [3.63, 3.8) is 0 Å². The van der Waals surface area contributed by atoms with Gasteiger partial charge in [-0.25, -0.2) is 9.97 Å². The van der Waals surface area contributed by atoms with Crippen molar-refractivity contribution in [3.05, 3.63) is 43.5 Å². The van der Waals surface area contributed by atoms with Gasteiger partial charge in [-0.05, 0) is 13.8 Å². The van der Waals surface area contributed by atoms with Gasteiger partial charge in [-0.3, -0.25) is 10.1 Å². The first-order chi connectivity index (χ1) is 8.95. The molecule has 8 heteroatoms. The molecule has 0 aliphatic heterocycles. The van der Waals surface area contributed by atoms with Gasteiger partial charge in [0.25, 0.3) is 5.69 Å². The molecule has 2 aromatic heterocycles. The largest absolute Gasteiger partial charge is 0.361 e. The molecule has 100 valence electrons. The molecule has 0 saturated heterocycles. The van der Waals surface area contributed by atoms with Crippen molar-refractivity contribution in [3.8, 4) is 0 Å². The average molecular weight is 299 g/mol. The van der Waals surface area contributed by atoms with Crippen LogP contribution in [0.3, 0.4) is 0 Å². The summed E-state index contributed by atoms with van der Waals surface area (Å²) in [6, 6.07) is 2.47. The predicted molar refractivity (Wildman–Crippen MR) is 74.8 cm³/mol. The molecule has 0 spiro atoms. The number of aryl methyl sites for hydroxylation is 1. The van der Waals surface area contributed by atoms with Gasteiger partial charge in [0, 0.05) is 11.1 Å². The van der Waals surface area contributed by atoms with Crippen LogP contribution in [0, 0.1) is 17.0 Å². The smallest absolute Gasteiger partial charge is 0.276 e. The van der Waals surface area contributed by atoms with E-state index in [0.29, 0.717) is 5.82 Å². The zero-order valence-electron chi connectivity index (χ0n) is 10.3. The van der Waals surface area contributed by atoms with Crippen molar-refractivity contribution in [2.45, 2.75) is 19.9 Å². The molecule has 0 fully saturated rings. The van der Waals surface area contributed by atoms with Gasteiger partial charge in [-0.15, -0.1) is 11.3 Å². The molecule has 1 unspecified atom stereocenters. The van der Waals surface area contributed by atoms with E-state index in [1.54, 1.807) is 17.5 Å². The maximum absolute atomic E-state index is 10.7. The highest BCUT2D eigenvalue weighted by Crippen LogP contribution is 2.25. The second-order valence-electron chi connectivity index (χ2n) is 3.97. The highest BCUT2D eigenvalue weighted by molar-refractivity contribution is 7.11. The Balaban J connectivity index is 2.21. The Morgan fingerprint density at radius 2 is 2.26 bits per heavy atom. The molecule has 1 N–H and O–H groups in total. The van der Waals surface area contributed by atoms with E-state index in [1.165, 1.54) is 12.1 Å². The zero-order valence-corrected chi connectivity index (χ0v) is 11.8. The van der Waals surface area contributed by atoms with Gasteiger partial charge in [-0.2, -0.15) is 0 Å². The fourth-order valence-corrected chi connectivity index (χ4v) is 2.50. The number of rotatable bonds is 4. The second-order valence-corrected chi connectivity index (χ2v) is 5.62. The quantitative estimate of drug-likeness (QED) is 0.530. The normalized spacial score (nSPS) is 12.2. The number of aromatic nitrogens is 2. The van der Waals surface area contributed by atoms with Crippen LogP contribution in [0.1, 0.15) is 22.9 Å². The van der Waals surface area contributed by atoms with Crippen LogP contribution in [-0.2, 0) is 0 Å². The van der Waals surface area contributed by atoms with Gasteiger partial charge in [0.05, 0.1) is 23.1 Å². The molecule has 0 radical (unpaired) electrons. The first kappa shape index (κ1) is 13.7. The van der Waals surface area contributed by atoms with Gasteiger partial charge < -0.3 is 5.32 Å². The van der Waals surface area contributed by atoms with Gasteiger partial charge in [-0.1, -0.05) is 11.6 Å². The minimum atomic E-state index is -0.503. The number of thiazole rings is 1. The van der Waals surface area contributed by atoms with Crippen LogP contribution >= 0.6 is 22.9 Å². The van der Waals surface area contributed by atoms with Crippen molar-refractivity contribution in [2.24, 2.45) is 0 Å². The zero-order chi connectivity index (χ0) is 14.0. The van der Waals surface area contributed by atoms with Gasteiger partial charge in [0.1, 0.15) is 16.0 Å². The SMILES string of the molecule is Cc1cnc(C(C)Nc2cc([N+](=O)[O-])cc(Cl)n2)s1. The molecule has 2 heterocycles. The number of nitro groups is 1. The van der Waals surface area contributed by atoms with E-state index in [0.717, 1.165) is 9.88 Å². The molecule has 0 aromatic carbocycles. The van der Waals surface area contributed by atoms with Crippen molar-refractivity contribution in [1.82, 2.24) is 9.97 Å². The lowest BCUT2D eigenvalue weighted by Gasteiger charge is -2.11. The summed E-state index contributed by atoms with van der Waals surface area (Å²) < 4.78 is 0. The molecule has 1 atom stereocenters. The molecule has 0 bridgehead atoms. The van der Waals surface area contributed by atoms with Crippen molar-refractivity contribution < 1.29 is 4.92 Å². The monoisotopic (exact) mass is 298 g/mol. The molecule has 2 rings (SSSR count). The fraction of sp³-hybridized carbons (Fsp3) is 0.273. The maximum atomic E-state index is 10.7. The highest BCUT2D eigenvalue weighted by atomic mass is 35.5. The summed E-state index contributed by atoms with van der Waals surface area (Å²) in [7, 11) is 0. The van der Waals surface area contributed by atoms with Gasteiger partial charge in [0.15, 0.2) is 0 Å². The van der Waals surface area contributed by atoms with E-state index in [-0.39, 0.29) is 16.9 Å². The van der Waals surface area contributed by atoms with Crippen LogP contribution in [0.15, 0.2) is 18.3 Å². The van der Waals surface area contributed by atoms with Crippen molar-refractivity contribution in [1.29, 1.82) is 0 Å². The van der Waals surface area contributed by atoms with Gasteiger partial charge in [0.2, 0.25) is 0 Å². The summed E-state index contributed by atoms with van der Waals surface area (Å²) >= 11 is 7.32. The number of pyridine rings is 1. The molecular weight excluding hydrogens is 288 g/mol. The molecule has 0 aliphatic rings. The van der Waals surface area contributed by atoms with Crippen LogP contribution in [0.2, 0.25) is 5.15 Å². The first-order valence-electron chi connectivity index (χ1n) is 5.46. The van der Waals surface area contributed by atoms with E-state index >= 15 is 0 Å². The third-order valence-electron chi connectivity index (χ3n) is 2.36. The number of halogens is 1. The lowest BCUT2D eigenvalue weighted by molar-refractivity contribution is -0.384. The average Bonchev–Trinajstić information content (AvgIpc) is 2.75. The molecule has 2 aromatic rings. The van der Waals surface area contributed by atoms with E-state index < -0.39 is 4.92 Å². The van der Waals surface area contributed by atoms with Crippen LogP contribution in [0.5, 0.6) is 0 Å². The topological polar surface area (TPSA) is 81.0 Å². The standard InChI is InChI=1S/C11H11ClN4O2S/c1-6-5-13-11(19-6)7(2)14-10-4-8(16(17)18)3-9(12)15-10/h3-5,7H,1-2H3,(H,14,15). The van der Waals surface area contributed by atoms with E-state index in [1.807, 2.05) is 13.8 Å². The second kappa shape index (κ2) is 5.50. The Hall–Kier alpha value is -1.73. The maximum Gasteiger partial charge on any atom is 0.276 e. The Morgan fingerprint density at radius 1 is 1.53 bits per heavy atom. The summed E-state index contributed by atoms with van der Waals surface area (Å²) in [6.07, 6.45) is 1.78. The third kappa shape index (κ3) is 3.39. The summed E-state index contributed by atoms with van der Waals surface area (Å²) in [6.45, 7) is 3.88. The molecule has 0 saturated carbocycles. The molecule has 6 nitrogen and oxygen atoms in total. The van der Waals surface area contributed by atoms with Crippen LogP contribution in [-0.4, -0.2) is 14.9 Å². The lowest BCUT2D eigenvalue weighted by Crippen LogP contribution is -2.08. The molecule has 19 heavy (non-hydrogen) atoms. The Kier molecular flexibility index (Phi) is 3.96. The fourth-order valence-electron chi connectivity index (χ4n) is 1.52. The van der Waals surface area contributed by atoms with E-state index in [2.05, 4.69) is 15.3 Å². The minimum absolute atomic E-state index is 0.0826. The Labute approximate surface area is 118 Å². The number of hydrogen-bond donors (Lipinski definition) is 1. The van der Waals surface area contributed by atoms with Crippen LogP contribution in [0.25, 0.3) is 0 Å². The molecule has 0 aliphatic carbocycles. The molecule has 0 amide bonds. The van der Waals surface area contributed by atoms with Crippen LogP contribution < -0.4 is 5.32 Å². The first-order valence-corrected chi connectivity index (χ1v) is 6.66. The summed E-state index contributed by atoms with van der Waals surface area (Å²) in [5, 5.41) is 14.8. The summed E-state index contributed by atoms with van der Waals surface area (Å²) in [4.78, 5) is 19.6. The number of nitrogens with one attached hydrogen (secondary N) is 1. The third-order valence-corrected chi connectivity index (χ3v) is 3.65. The highest BCUT2D eigenvalue weighted by Gasteiger charge is 2.14. The summed E-state index contributed by atoms with van der Waals surface area (Å²) in [5.41, 5.74) is -0.0926. The van der Waals surface area contributed by atoms with Gasteiger partial charge >= 0.3 is 0 Å². The van der Waals surface area contributed by atoms with Crippen molar-refractivity contribution >= 4 is 34.4 Å². The summed E-state index contributed by atoms with van der Waals surface area (Å²) in [5.74, 6) is 0.361. The Morgan fingerprint density at radius 3 is 2.84 bits per heavy atom. The number of anilines is 1. The number of hydrogen-bond acceptors (Lipinski definition) is 6. The minimum Gasteiger partial charge on any atom is -0.361 e. The predicted octanol–water partition coefficient (Wildman–Crippen LogP) is 3.58. The Bertz CT molecular complexity index is 616. The lowest BCUT2D eigenvalue weighted by atomic mass is 10.3. The van der Waals surface area contributed by atoms with Crippen molar-refractivity contribution in [2.75, 3.05) is 5.32 Å². The number of nitrogens with zero attached hydrogens (tertiary/aromatic N) is 3. The van der Waals surface area contributed by atoms with Crippen LogP contribution in [0.4, 0.5) is 11.5 Å². The molecular formula is C11H11ClN4O2S. The van der Waals surface area contributed by atoms with E-state index in [9.17, 15) is 10.1 Å². The van der Waals surface area contributed by atoms with E-state index in [4.69, 9.17) is 11.6 Å².